The summed E-state index contributed by atoms with van der Waals surface area (Å²) in [4.78, 5) is 10.9. The Balaban J connectivity index is 1.56. The lowest BCUT2D eigenvalue weighted by Gasteiger charge is -2.32. The fourth-order valence-electron chi connectivity index (χ4n) is 4.51. The molecule has 0 radical (unpaired) electrons. The average molecular weight is 278 g/mol. The Hall–Kier alpha value is -0.330. The van der Waals surface area contributed by atoms with Crippen LogP contribution < -0.4 is 0 Å². The van der Waals surface area contributed by atoms with E-state index in [2.05, 4.69) is 13.8 Å². The van der Waals surface area contributed by atoms with Crippen molar-refractivity contribution >= 4 is 6.29 Å². The van der Waals surface area contributed by atoms with E-state index in [0.717, 1.165) is 30.1 Å². The Labute approximate surface area is 125 Å². The molecule has 0 saturated heterocycles. The quantitative estimate of drug-likeness (QED) is 0.455. The fraction of sp³-hybridized carbons (Fsp3) is 0.947. The minimum Gasteiger partial charge on any atom is -0.303 e. The molecule has 0 heterocycles. The molecular weight excluding hydrogens is 244 g/mol. The first kappa shape index (κ1) is 16.0. The maximum absolute atomic E-state index is 10.9. The van der Waals surface area contributed by atoms with Gasteiger partial charge < -0.3 is 4.79 Å². The monoisotopic (exact) mass is 278 g/mol. The smallest absolute Gasteiger partial charge is 0.123 e. The molecule has 0 amide bonds. The average Bonchev–Trinajstić information content (AvgIpc) is 2.47. The van der Waals surface area contributed by atoms with E-state index in [1.807, 2.05) is 0 Å². The van der Waals surface area contributed by atoms with Crippen LogP contribution in [-0.2, 0) is 4.79 Å². The van der Waals surface area contributed by atoms with Gasteiger partial charge in [-0.05, 0) is 42.9 Å². The van der Waals surface area contributed by atoms with Gasteiger partial charge in [0.05, 0.1) is 0 Å². The molecule has 2 fully saturated rings. The summed E-state index contributed by atoms with van der Waals surface area (Å²) in [5.74, 6) is 4.14. The van der Waals surface area contributed by atoms with E-state index in [9.17, 15) is 4.79 Å². The van der Waals surface area contributed by atoms with Crippen LogP contribution in [0.3, 0.4) is 0 Å². The van der Waals surface area contributed by atoms with Gasteiger partial charge in [-0.3, -0.25) is 0 Å². The zero-order chi connectivity index (χ0) is 14.4. The van der Waals surface area contributed by atoms with E-state index in [1.54, 1.807) is 0 Å². The van der Waals surface area contributed by atoms with Crippen LogP contribution in [0.1, 0.15) is 84.5 Å². The summed E-state index contributed by atoms with van der Waals surface area (Å²) in [6.07, 6.45) is 16.3. The molecule has 5 atom stereocenters. The van der Waals surface area contributed by atoms with Gasteiger partial charge in [0.1, 0.15) is 6.29 Å². The molecule has 0 aromatic rings. The van der Waals surface area contributed by atoms with Crippen molar-refractivity contribution in [1.82, 2.24) is 0 Å². The van der Waals surface area contributed by atoms with Crippen molar-refractivity contribution in [2.24, 2.45) is 29.6 Å². The summed E-state index contributed by atoms with van der Waals surface area (Å²) in [5.41, 5.74) is 0. The number of aldehydes is 1. The maximum atomic E-state index is 10.9. The van der Waals surface area contributed by atoms with Crippen LogP contribution in [-0.4, -0.2) is 6.29 Å². The van der Waals surface area contributed by atoms with Gasteiger partial charge in [-0.15, -0.1) is 0 Å². The van der Waals surface area contributed by atoms with Crippen LogP contribution in [0.4, 0.5) is 0 Å². The predicted octanol–water partition coefficient (Wildman–Crippen LogP) is 5.62. The summed E-state index contributed by atoms with van der Waals surface area (Å²) in [7, 11) is 0. The normalized spacial score (nSPS) is 38.6. The zero-order valence-electron chi connectivity index (χ0n) is 13.7. The second-order valence-corrected chi connectivity index (χ2v) is 7.85. The second-order valence-electron chi connectivity index (χ2n) is 7.85. The highest BCUT2D eigenvalue weighted by molar-refractivity contribution is 5.53. The minimum absolute atomic E-state index is 0.384. The van der Waals surface area contributed by atoms with Gasteiger partial charge in [0.2, 0.25) is 0 Å². The molecule has 0 bridgehead atoms. The van der Waals surface area contributed by atoms with Crippen molar-refractivity contribution < 1.29 is 4.79 Å². The van der Waals surface area contributed by atoms with Crippen LogP contribution in [0.25, 0.3) is 0 Å². The van der Waals surface area contributed by atoms with Crippen LogP contribution in [0.5, 0.6) is 0 Å². The molecule has 0 aromatic carbocycles. The summed E-state index contributed by atoms with van der Waals surface area (Å²) < 4.78 is 0. The molecule has 116 valence electrons. The van der Waals surface area contributed by atoms with E-state index in [-0.39, 0.29) is 0 Å². The Morgan fingerprint density at radius 1 is 0.850 bits per heavy atom. The summed E-state index contributed by atoms with van der Waals surface area (Å²) in [6.45, 7) is 4.87. The Bertz CT molecular complexity index is 285. The molecule has 0 spiro atoms. The van der Waals surface area contributed by atoms with Crippen molar-refractivity contribution in [1.29, 1.82) is 0 Å². The van der Waals surface area contributed by atoms with Gasteiger partial charge in [0.15, 0.2) is 0 Å². The zero-order valence-corrected chi connectivity index (χ0v) is 13.7. The van der Waals surface area contributed by atoms with Crippen LogP contribution >= 0.6 is 0 Å². The molecule has 2 rings (SSSR count). The molecule has 1 heteroatoms. The van der Waals surface area contributed by atoms with Gasteiger partial charge in [-0.25, -0.2) is 0 Å². The first-order valence-corrected chi connectivity index (χ1v) is 9.14. The van der Waals surface area contributed by atoms with Gasteiger partial charge >= 0.3 is 0 Å². The van der Waals surface area contributed by atoms with E-state index in [4.69, 9.17) is 0 Å². The maximum Gasteiger partial charge on any atom is 0.123 e. The third-order valence-corrected chi connectivity index (χ3v) is 6.20. The molecule has 5 unspecified atom stereocenters. The van der Waals surface area contributed by atoms with E-state index in [1.165, 1.54) is 70.5 Å². The van der Waals surface area contributed by atoms with Gasteiger partial charge in [-0.1, -0.05) is 65.2 Å². The number of hydrogen-bond acceptors (Lipinski definition) is 1. The molecule has 20 heavy (non-hydrogen) atoms. The van der Waals surface area contributed by atoms with E-state index < -0.39 is 0 Å². The molecule has 2 aliphatic carbocycles. The SMILES string of the molecule is CC1CCC(CCCCC2CCCC(C=O)C2)CC1C. The van der Waals surface area contributed by atoms with E-state index >= 15 is 0 Å². The lowest BCUT2D eigenvalue weighted by Crippen LogP contribution is -2.20. The Morgan fingerprint density at radius 3 is 2.20 bits per heavy atom. The lowest BCUT2D eigenvalue weighted by atomic mass is 9.74. The highest BCUT2D eigenvalue weighted by atomic mass is 16.1. The molecular formula is C19H34O. The number of carbonyl (C=O) groups is 1. The Morgan fingerprint density at radius 2 is 1.55 bits per heavy atom. The molecule has 2 aliphatic rings. The van der Waals surface area contributed by atoms with Crippen molar-refractivity contribution in [2.45, 2.75) is 84.5 Å². The number of rotatable bonds is 6. The summed E-state index contributed by atoms with van der Waals surface area (Å²) >= 11 is 0. The largest absolute Gasteiger partial charge is 0.303 e. The number of hydrogen-bond donors (Lipinski definition) is 0. The molecule has 0 aromatic heterocycles. The van der Waals surface area contributed by atoms with Crippen LogP contribution in [0.2, 0.25) is 0 Å². The third-order valence-electron chi connectivity index (χ3n) is 6.20. The summed E-state index contributed by atoms with van der Waals surface area (Å²) in [5, 5.41) is 0. The van der Waals surface area contributed by atoms with Crippen molar-refractivity contribution in [3.05, 3.63) is 0 Å². The van der Waals surface area contributed by atoms with Crippen LogP contribution in [0.15, 0.2) is 0 Å². The molecule has 2 saturated carbocycles. The van der Waals surface area contributed by atoms with Crippen molar-refractivity contribution in [3.63, 3.8) is 0 Å². The molecule has 0 N–H and O–H groups in total. The number of unbranched alkanes of at least 4 members (excludes halogenated alkanes) is 1. The van der Waals surface area contributed by atoms with E-state index in [0.29, 0.717) is 5.92 Å². The van der Waals surface area contributed by atoms with Crippen LogP contribution in [0, 0.1) is 29.6 Å². The minimum atomic E-state index is 0.384. The van der Waals surface area contributed by atoms with Gasteiger partial charge in [0.25, 0.3) is 0 Å². The van der Waals surface area contributed by atoms with Crippen molar-refractivity contribution in [3.8, 4) is 0 Å². The second kappa shape index (κ2) is 8.20. The predicted molar refractivity (Wildman–Crippen MR) is 85.6 cm³/mol. The van der Waals surface area contributed by atoms with Crippen molar-refractivity contribution in [2.75, 3.05) is 0 Å². The molecule has 1 nitrogen and oxygen atoms in total. The van der Waals surface area contributed by atoms with Gasteiger partial charge in [-0.2, -0.15) is 0 Å². The first-order chi connectivity index (χ1) is 9.69. The molecule has 0 aliphatic heterocycles. The third kappa shape index (κ3) is 4.90. The first-order valence-electron chi connectivity index (χ1n) is 9.14. The lowest BCUT2D eigenvalue weighted by molar-refractivity contribution is -0.112. The number of carbonyl (C=O) groups excluding carboxylic acids is 1. The Kier molecular flexibility index (Phi) is 6.58. The topological polar surface area (TPSA) is 17.1 Å². The summed E-state index contributed by atoms with van der Waals surface area (Å²) in [6, 6.07) is 0. The standard InChI is InChI=1S/C19H34O/c1-15-10-11-18(12-16(15)2)7-4-3-6-17-8-5-9-19(13-17)14-20/h14-19H,3-13H2,1-2H3. The highest BCUT2D eigenvalue weighted by Crippen LogP contribution is 2.36. The fourth-order valence-corrected chi connectivity index (χ4v) is 4.51. The highest BCUT2D eigenvalue weighted by Gasteiger charge is 2.24. The van der Waals surface area contributed by atoms with Gasteiger partial charge in [0, 0.05) is 5.92 Å².